The molecule has 0 aliphatic heterocycles. The molecule has 3 atom stereocenters. The first-order valence-electron chi connectivity index (χ1n) is 7.33. The van der Waals surface area contributed by atoms with Gasteiger partial charge in [-0.05, 0) is 42.0 Å². The number of hydrogen-bond donors (Lipinski definition) is 1. The number of sulfone groups is 1. The number of benzene rings is 2. The van der Waals surface area contributed by atoms with Crippen LogP contribution in [0.25, 0.3) is 0 Å². The molecule has 2 aromatic carbocycles. The molecule has 3 rings (SSSR count). The van der Waals surface area contributed by atoms with Crippen molar-refractivity contribution in [3.05, 3.63) is 63.6 Å². The summed E-state index contributed by atoms with van der Waals surface area (Å²) in [5, 5.41) is -0.239. The summed E-state index contributed by atoms with van der Waals surface area (Å²) in [4.78, 5) is 0.224. The minimum absolute atomic E-state index is 0.172. The normalized spacial score (nSPS) is 26.3. The van der Waals surface area contributed by atoms with Crippen LogP contribution < -0.4 is 5.73 Å². The van der Waals surface area contributed by atoms with E-state index < -0.39 is 20.6 Å². The molecule has 0 radical (unpaired) electrons. The molecule has 1 aliphatic carbocycles. The molecule has 2 N–H and O–H groups in total. The highest BCUT2D eigenvalue weighted by atomic mass is 79.9. The van der Waals surface area contributed by atoms with Crippen LogP contribution in [-0.4, -0.2) is 32.9 Å². The third-order valence-corrected chi connectivity index (χ3v) is 7.49. The van der Waals surface area contributed by atoms with Crippen LogP contribution in [-0.2, 0) is 14.6 Å². The van der Waals surface area contributed by atoms with Crippen molar-refractivity contribution in [2.24, 2.45) is 5.73 Å². The molecule has 24 heavy (non-hydrogen) atoms. The summed E-state index contributed by atoms with van der Waals surface area (Å²) in [5.41, 5.74) is 6.37. The minimum atomic E-state index is -3.60. The van der Waals surface area contributed by atoms with Gasteiger partial charge in [0.1, 0.15) is 0 Å². The Morgan fingerprint density at radius 3 is 2.29 bits per heavy atom. The van der Waals surface area contributed by atoms with Crippen molar-refractivity contribution in [2.45, 2.75) is 21.6 Å². The van der Waals surface area contributed by atoms with E-state index in [1.807, 2.05) is 24.3 Å². The molecule has 0 heterocycles. The van der Waals surface area contributed by atoms with E-state index in [2.05, 4.69) is 15.9 Å². The monoisotopic (exact) mass is 429 g/mol. The minimum Gasteiger partial charge on any atom is -0.383 e. The van der Waals surface area contributed by atoms with Crippen LogP contribution >= 0.6 is 27.5 Å². The predicted octanol–water partition coefficient (Wildman–Crippen LogP) is 3.39. The summed E-state index contributed by atoms with van der Waals surface area (Å²) in [7, 11) is -2.07. The van der Waals surface area contributed by atoms with Crippen LogP contribution in [0.5, 0.6) is 0 Å². The van der Waals surface area contributed by atoms with Crippen molar-refractivity contribution in [2.75, 3.05) is 13.7 Å². The third-order valence-electron chi connectivity index (χ3n) is 4.40. The smallest absolute Gasteiger partial charge is 0.183 e. The van der Waals surface area contributed by atoms with E-state index in [4.69, 9.17) is 22.1 Å². The summed E-state index contributed by atoms with van der Waals surface area (Å²) in [6.07, 6.45) is 0. The van der Waals surface area contributed by atoms with E-state index in [0.717, 1.165) is 10.0 Å². The molecule has 0 aromatic heterocycles. The molecule has 0 saturated heterocycles. The number of rotatable bonds is 5. The molecule has 0 spiro atoms. The Morgan fingerprint density at radius 1 is 1.17 bits per heavy atom. The fourth-order valence-electron chi connectivity index (χ4n) is 3.24. The standard InChI is InChI=1S/C17H17BrClNO3S/c1-23-10-17(20)15(11-2-4-12(18)5-3-11)16(17)24(21,22)14-8-6-13(19)7-9-14/h2-9,15-16H,10,20H2,1H3/t15-,16-,17-/m0/s1. The fraction of sp³-hybridized carbons (Fsp3) is 0.294. The number of nitrogens with two attached hydrogens (primary N) is 1. The molecule has 0 amide bonds. The molecular formula is C17H17BrClNO3S. The van der Waals surface area contributed by atoms with Gasteiger partial charge in [-0.2, -0.15) is 0 Å². The lowest BCUT2D eigenvalue weighted by molar-refractivity contribution is 0.171. The van der Waals surface area contributed by atoms with Crippen LogP contribution in [0, 0.1) is 0 Å². The Kier molecular flexibility index (Phi) is 4.79. The summed E-state index contributed by atoms with van der Waals surface area (Å²) in [5.74, 6) is -0.314. The molecule has 128 valence electrons. The number of halogens is 2. The Hall–Kier alpha value is -0.920. The molecule has 1 saturated carbocycles. The van der Waals surface area contributed by atoms with Gasteiger partial charge in [0.05, 0.1) is 22.3 Å². The van der Waals surface area contributed by atoms with Gasteiger partial charge in [-0.1, -0.05) is 39.7 Å². The van der Waals surface area contributed by atoms with Gasteiger partial charge in [-0.25, -0.2) is 8.42 Å². The van der Waals surface area contributed by atoms with E-state index in [9.17, 15) is 8.42 Å². The summed E-state index contributed by atoms with van der Waals surface area (Å²) in [6, 6.07) is 13.7. The zero-order chi connectivity index (χ0) is 17.5. The lowest BCUT2D eigenvalue weighted by Crippen LogP contribution is -2.35. The Bertz CT molecular complexity index is 839. The van der Waals surface area contributed by atoms with Crippen LogP contribution in [0.4, 0.5) is 0 Å². The molecule has 7 heteroatoms. The van der Waals surface area contributed by atoms with Gasteiger partial charge < -0.3 is 10.5 Å². The highest BCUT2D eigenvalue weighted by Gasteiger charge is 2.69. The highest BCUT2D eigenvalue weighted by molar-refractivity contribution is 9.10. The molecule has 2 aromatic rings. The van der Waals surface area contributed by atoms with E-state index in [1.54, 1.807) is 12.1 Å². The van der Waals surface area contributed by atoms with Crippen molar-refractivity contribution in [1.29, 1.82) is 0 Å². The van der Waals surface area contributed by atoms with Crippen LogP contribution in [0.1, 0.15) is 11.5 Å². The predicted molar refractivity (Wildman–Crippen MR) is 98.1 cm³/mol. The number of ether oxygens (including phenoxy) is 1. The van der Waals surface area contributed by atoms with Gasteiger partial charge >= 0.3 is 0 Å². The van der Waals surface area contributed by atoms with Gasteiger partial charge in [0.2, 0.25) is 0 Å². The SMILES string of the molecule is COC[C@]1(N)[C@@H](c2ccc(Br)cc2)[C@@H]1S(=O)(=O)c1ccc(Cl)cc1. The first-order valence-corrected chi connectivity index (χ1v) is 10.0. The lowest BCUT2D eigenvalue weighted by Gasteiger charge is -2.11. The highest BCUT2D eigenvalue weighted by Crippen LogP contribution is 2.55. The van der Waals surface area contributed by atoms with Crippen molar-refractivity contribution >= 4 is 37.4 Å². The van der Waals surface area contributed by atoms with Crippen LogP contribution in [0.3, 0.4) is 0 Å². The average Bonchev–Trinajstić information content (AvgIpc) is 3.15. The molecular weight excluding hydrogens is 414 g/mol. The first-order chi connectivity index (χ1) is 11.3. The van der Waals surface area contributed by atoms with Gasteiger partial charge in [-0.3, -0.25) is 0 Å². The maximum absolute atomic E-state index is 13.1. The Morgan fingerprint density at radius 2 is 1.75 bits per heavy atom. The van der Waals surface area contributed by atoms with Crippen LogP contribution in [0.15, 0.2) is 57.9 Å². The maximum atomic E-state index is 13.1. The second kappa shape index (κ2) is 6.42. The third kappa shape index (κ3) is 3.02. The topological polar surface area (TPSA) is 69.4 Å². The average molecular weight is 431 g/mol. The number of hydrogen-bond acceptors (Lipinski definition) is 4. The number of methoxy groups -OCH3 is 1. The molecule has 0 bridgehead atoms. The molecule has 0 unspecified atom stereocenters. The van der Waals surface area contributed by atoms with Gasteiger partial charge in [0.15, 0.2) is 9.84 Å². The van der Waals surface area contributed by atoms with Gasteiger partial charge in [-0.15, -0.1) is 0 Å². The van der Waals surface area contributed by atoms with Crippen LogP contribution in [0.2, 0.25) is 5.02 Å². The van der Waals surface area contributed by atoms with Crippen molar-refractivity contribution in [1.82, 2.24) is 0 Å². The second-order valence-electron chi connectivity index (χ2n) is 5.99. The van der Waals surface area contributed by atoms with E-state index >= 15 is 0 Å². The van der Waals surface area contributed by atoms with E-state index in [1.165, 1.54) is 19.2 Å². The van der Waals surface area contributed by atoms with Gasteiger partial charge in [0.25, 0.3) is 0 Å². The lowest BCUT2D eigenvalue weighted by atomic mass is 10.1. The van der Waals surface area contributed by atoms with Crippen molar-refractivity contribution in [3.63, 3.8) is 0 Å². The van der Waals surface area contributed by atoms with E-state index in [0.29, 0.717) is 5.02 Å². The summed E-state index contributed by atoms with van der Waals surface area (Å²) >= 11 is 9.24. The molecule has 1 fully saturated rings. The second-order valence-corrected chi connectivity index (χ2v) is 9.42. The van der Waals surface area contributed by atoms with Crippen molar-refractivity contribution in [3.8, 4) is 0 Å². The van der Waals surface area contributed by atoms with E-state index in [-0.39, 0.29) is 17.4 Å². The zero-order valence-electron chi connectivity index (χ0n) is 12.9. The quantitative estimate of drug-likeness (QED) is 0.789. The summed E-state index contributed by atoms with van der Waals surface area (Å²) in [6.45, 7) is 0.172. The maximum Gasteiger partial charge on any atom is 0.183 e. The molecule has 4 nitrogen and oxygen atoms in total. The Labute approximate surface area is 155 Å². The van der Waals surface area contributed by atoms with Gasteiger partial charge in [0, 0.05) is 22.5 Å². The fourth-order valence-corrected chi connectivity index (χ4v) is 5.92. The zero-order valence-corrected chi connectivity index (χ0v) is 16.1. The largest absolute Gasteiger partial charge is 0.383 e. The molecule has 1 aliphatic rings. The summed E-state index contributed by atoms with van der Waals surface area (Å²) < 4.78 is 32.3. The Balaban J connectivity index is 2.01. The first kappa shape index (κ1) is 17.9. The van der Waals surface area contributed by atoms with Crippen molar-refractivity contribution < 1.29 is 13.2 Å².